The average Bonchev–Trinajstić information content (AvgIpc) is 2.84. The summed E-state index contributed by atoms with van der Waals surface area (Å²) in [7, 11) is -3.07. The van der Waals surface area contributed by atoms with E-state index >= 15 is 0 Å². The van der Waals surface area contributed by atoms with E-state index in [2.05, 4.69) is 5.32 Å². The van der Waals surface area contributed by atoms with Gasteiger partial charge in [0.1, 0.15) is 0 Å². The fourth-order valence-corrected chi connectivity index (χ4v) is 4.11. The summed E-state index contributed by atoms with van der Waals surface area (Å²) in [5.74, 6) is -1.11. The monoisotopic (exact) mass is 351 g/mol. The molecule has 1 aliphatic heterocycles. The van der Waals surface area contributed by atoms with Gasteiger partial charge in [0.2, 0.25) is 0 Å². The molecule has 1 aromatic carbocycles. The summed E-state index contributed by atoms with van der Waals surface area (Å²) in [6, 6.07) is 7.19. The maximum Gasteiger partial charge on any atom is 0.331 e. The summed E-state index contributed by atoms with van der Waals surface area (Å²) in [4.78, 5) is 23.7. The van der Waals surface area contributed by atoms with Gasteiger partial charge in [0.25, 0.3) is 5.91 Å². The molecule has 1 saturated heterocycles. The summed E-state index contributed by atoms with van der Waals surface area (Å²) < 4.78 is 27.8. The Labute approximate surface area is 141 Å². The van der Waals surface area contributed by atoms with Crippen LogP contribution in [0.5, 0.6) is 0 Å². The van der Waals surface area contributed by atoms with Crippen molar-refractivity contribution < 1.29 is 22.7 Å². The van der Waals surface area contributed by atoms with E-state index in [0.29, 0.717) is 6.42 Å². The standard InChI is InChI=1S/C17H21NO5S/c1-12-4-3-5-14(10-12)6-7-16(19)23-13(2)17(20)18-15-8-9-24(21,22)11-15/h3-7,10,13,15H,8-9,11H2,1-2H3,(H,18,20)/b7-6+/t13-,15+/m0/s1. The molecule has 1 amide bonds. The van der Waals surface area contributed by atoms with Crippen LogP contribution in [-0.4, -0.2) is 43.9 Å². The predicted molar refractivity (Wildman–Crippen MR) is 91.0 cm³/mol. The quantitative estimate of drug-likeness (QED) is 0.637. The number of benzene rings is 1. The fraction of sp³-hybridized carbons (Fsp3) is 0.412. The van der Waals surface area contributed by atoms with E-state index in [-0.39, 0.29) is 11.5 Å². The van der Waals surface area contributed by atoms with Gasteiger partial charge in [-0.3, -0.25) is 4.79 Å². The number of hydrogen-bond donors (Lipinski definition) is 1. The summed E-state index contributed by atoms with van der Waals surface area (Å²) in [5.41, 5.74) is 1.94. The van der Waals surface area contributed by atoms with Crippen LogP contribution >= 0.6 is 0 Å². The van der Waals surface area contributed by atoms with E-state index in [1.165, 1.54) is 13.0 Å². The van der Waals surface area contributed by atoms with Crippen molar-refractivity contribution in [1.82, 2.24) is 5.32 Å². The number of amides is 1. The van der Waals surface area contributed by atoms with Crippen LogP contribution < -0.4 is 5.32 Å². The lowest BCUT2D eigenvalue weighted by atomic mass is 10.1. The Kier molecular flexibility index (Phi) is 5.77. The number of carbonyl (C=O) groups excluding carboxylic acids is 2. The second-order valence-corrected chi connectivity index (χ2v) is 8.16. The molecule has 2 rings (SSSR count). The molecule has 130 valence electrons. The lowest BCUT2D eigenvalue weighted by molar-refractivity contribution is -0.150. The Morgan fingerprint density at radius 3 is 2.75 bits per heavy atom. The molecular formula is C17H21NO5S. The Morgan fingerprint density at radius 1 is 1.38 bits per heavy atom. The van der Waals surface area contributed by atoms with Crippen molar-refractivity contribution in [1.29, 1.82) is 0 Å². The predicted octanol–water partition coefficient (Wildman–Crippen LogP) is 1.24. The number of nitrogens with one attached hydrogen (secondary N) is 1. The van der Waals surface area contributed by atoms with Crippen molar-refractivity contribution in [3.05, 3.63) is 41.5 Å². The minimum absolute atomic E-state index is 0.0628. The molecule has 1 N–H and O–H groups in total. The molecule has 0 saturated carbocycles. The van der Waals surface area contributed by atoms with Gasteiger partial charge in [-0.25, -0.2) is 13.2 Å². The van der Waals surface area contributed by atoms with Crippen LogP contribution in [0.25, 0.3) is 6.08 Å². The molecule has 0 radical (unpaired) electrons. The fourth-order valence-electron chi connectivity index (χ4n) is 2.43. The van der Waals surface area contributed by atoms with Crippen LogP contribution in [-0.2, 0) is 24.2 Å². The van der Waals surface area contributed by atoms with Crippen LogP contribution in [0.2, 0.25) is 0 Å². The van der Waals surface area contributed by atoms with Crippen LogP contribution in [0.1, 0.15) is 24.5 Å². The molecule has 0 aromatic heterocycles. The molecule has 0 spiro atoms. The van der Waals surface area contributed by atoms with Crippen LogP contribution in [0.4, 0.5) is 0 Å². The zero-order chi connectivity index (χ0) is 17.7. The molecule has 0 aliphatic carbocycles. The first kappa shape index (κ1) is 18.2. The number of rotatable bonds is 5. The molecule has 1 heterocycles. The smallest absolute Gasteiger partial charge is 0.331 e. The van der Waals surface area contributed by atoms with Gasteiger partial charge in [0, 0.05) is 12.1 Å². The normalized spacial score (nSPS) is 20.7. The highest BCUT2D eigenvalue weighted by atomic mass is 32.2. The highest BCUT2D eigenvalue weighted by Gasteiger charge is 2.30. The van der Waals surface area contributed by atoms with Gasteiger partial charge in [-0.15, -0.1) is 0 Å². The zero-order valence-corrected chi connectivity index (χ0v) is 14.5. The van der Waals surface area contributed by atoms with Crippen LogP contribution in [0, 0.1) is 6.92 Å². The SMILES string of the molecule is Cc1cccc(/C=C/C(=O)O[C@@H](C)C(=O)N[C@@H]2CCS(=O)(=O)C2)c1. The molecule has 1 fully saturated rings. The number of hydrogen-bond acceptors (Lipinski definition) is 5. The summed E-state index contributed by atoms with van der Waals surface area (Å²) in [5, 5.41) is 2.60. The van der Waals surface area contributed by atoms with E-state index in [1.807, 2.05) is 31.2 Å². The second-order valence-electron chi connectivity index (χ2n) is 5.94. The third-order valence-corrected chi connectivity index (χ3v) is 5.46. The van der Waals surface area contributed by atoms with E-state index < -0.39 is 33.9 Å². The lowest BCUT2D eigenvalue weighted by Crippen LogP contribution is -2.42. The van der Waals surface area contributed by atoms with Gasteiger partial charge in [0.05, 0.1) is 11.5 Å². The molecule has 2 atom stereocenters. The molecule has 24 heavy (non-hydrogen) atoms. The highest BCUT2D eigenvalue weighted by molar-refractivity contribution is 7.91. The van der Waals surface area contributed by atoms with Gasteiger partial charge >= 0.3 is 5.97 Å². The molecule has 0 unspecified atom stereocenters. The van der Waals surface area contributed by atoms with Crippen LogP contribution in [0.3, 0.4) is 0 Å². The Bertz CT molecular complexity index is 754. The van der Waals surface area contributed by atoms with Crippen molar-refractivity contribution in [2.24, 2.45) is 0 Å². The van der Waals surface area contributed by atoms with Gasteiger partial charge in [0.15, 0.2) is 15.9 Å². The minimum Gasteiger partial charge on any atom is -0.449 e. The Hall–Kier alpha value is -2.15. The van der Waals surface area contributed by atoms with Crippen molar-refractivity contribution in [2.45, 2.75) is 32.4 Å². The average molecular weight is 351 g/mol. The number of esters is 1. The molecule has 7 heteroatoms. The van der Waals surface area contributed by atoms with Crippen molar-refractivity contribution in [3.63, 3.8) is 0 Å². The van der Waals surface area contributed by atoms with Gasteiger partial charge in [-0.1, -0.05) is 29.8 Å². The van der Waals surface area contributed by atoms with E-state index in [1.54, 1.807) is 6.08 Å². The van der Waals surface area contributed by atoms with Gasteiger partial charge in [-0.05, 0) is 31.9 Å². The summed E-state index contributed by atoms with van der Waals surface area (Å²) >= 11 is 0. The van der Waals surface area contributed by atoms with Gasteiger partial charge in [-0.2, -0.15) is 0 Å². The van der Waals surface area contributed by atoms with Crippen molar-refractivity contribution in [3.8, 4) is 0 Å². The van der Waals surface area contributed by atoms with Crippen LogP contribution in [0.15, 0.2) is 30.3 Å². The Morgan fingerprint density at radius 2 is 2.12 bits per heavy atom. The largest absolute Gasteiger partial charge is 0.449 e. The number of ether oxygens (including phenoxy) is 1. The first-order valence-corrected chi connectivity index (χ1v) is 9.53. The maximum absolute atomic E-state index is 12.0. The van der Waals surface area contributed by atoms with Gasteiger partial charge < -0.3 is 10.1 Å². The topological polar surface area (TPSA) is 89.5 Å². The third kappa shape index (κ3) is 5.49. The summed E-state index contributed by atoms with van der Waals surface area (Å²) in [6.45, 7) is 3.41. The van der Waals surface area contributed by atoms with Crippen molar-refractivity contribution >= 4 is 27.8 Å². The first-order chi connectivity index (χ1) is 11.2. The third-order valence-electron chi connectivity index (χ3n) is 3.69. The number of sulfone groups is 1. The second kappa shape index (κ2) is 7.61. The number of aryl methyl sites for hydroxylation is 1. The minimum atomic E-state index is -3.07. The maximum atomic E-state index is 12.0. The zero-order valence-electron chi connectivity index (χ0n) is 13.7. The lowest BCUT2D eigenvalue weighted by Gasteiger charge is -2.15. The van der Waals surface area contributed by atoms with E-state index in [4.69, 9.17) is 4.74 Å². The molecular weight excluding hydrogens is 330 g/mol. The highest BCUT2D eigenvalue weighted by Crippen LogP contribution is 2.12. The number of carbonyl (C=O) groups is 2. The molecule has 6 nitrogen and oxygen atoms in total. The van der Waals surface area contributed by atoms with Crippen molar-refractivity contribution in [2.75, 3.05) is 11.5 Å². The molecule has 1 aromatic rings. The first-order valence-electron chi connectivity index (χ1n) is 7.71. The van der Waals surface area contributed by atoms with E-state index in [9.17, 15) is 18.0 Å². The Balaban J connectivity index is 1.83. The summed E-state index contributed by atoms with van der Waals surface area (Å²) in [6.07, 6.45) is 2.28. The molecule has 1 aliphatic rings. The molecule has 0 bridgehead atoms. The van der Waals surface area contributed by atoms with E-state index in [0.717, 1.165) is 11.1 Å².